The van der Waals surface area contributed by atoms with E-state index in [2.05, 4.69) is 4.98 Å². The second-order valence-electron chi connectivity index (χ2n) is 3.30. The van der Waals surface area contributed by atoms with E-state index in [4.69, 9.17) is 21.8 Å². The summed E-state index contributed by atoms with van der Waals surface area (Å²) in [5, 5.41) is 0.557. The zero-order chi connectivity index (χ0) is 11.7. The SMILES string of the molecule is CC(=O)c1nc(N)oc1-c1cccc(Cl)c1. The first-order chi connectivity index (χ1) is 7.58. The van der Waals surface area contributed by atoms with Crippen LogP contribution < -0.4 is 5.73 Å². The highest BCUT2D eigenvalue weighted by atomic mass is 35.5. The smallest absolute Gasteiger partial charge is 0.293 e. The van der Waals surface area contributed by atoms with E-state index in [1.807, 2.05) is 0 Å². The number of hydrogen-bond donors (Lipinski definition) is 1. The molecule has 0 amide bonds. The van der Waals surface area contributed by atoms with Gasteiger partial charge in [-0.25, -0.2) is 0 Å². The van der Waals surface area contributed by atoms with Crippen LogP contribution in [0, 0.1) is 0 Å². The van der Waals surface area contributed by atoms with Crippen LogP contribution in [0.1, 0.15) is 17.4 Å². The van der Waals surface area contributed by atoms with Gasteiger partial charge in [-0.15, -0.1) is 0 Å². The van der Waals surface area contributed by atoms with Crippen LogP contribution >= 0.6 is 11.6 Å². The van der Waals surface area contributed by atoms with Gasteiger partial charge in [0.2, 0.25) is 0 Å². The molecule has 0 spiro atoms. The fourth-order valence-corrected chi connectivity index (χ4v) is 1.59. The molecule has 0 aliphatic rings. The number of nitrogens with zero attached hydrogens (tertiary/aromatic N) is 1. The number of carbonyl (C=O) groups excluding carboxylic acids is 1. The number of carbonyl (C=O) groups is 1. The quantitative estimate of drug-likeness (QED) is 0.814. The Bertz CT molecular complexity index is 549. The van der Waals surface area contributed by atoms with Crippen molar-refractivity contribution in [2.45, 2.75) is 6.92 Å². The van der Waals surface area contributed by atoms with Gasteiger partial charge in [0.25, 0.3) is 6.01 Å². The molecular formula is C11H9ClN2O2. The van der Waals surface area contributed by atoms with Crippen LogP contribution in [0.15, 0.2) is 28.7 Å². The average Bonchev–Trinajstić information content (AvgIpc) is 2.60. The molecule has 0 aliphatic carbocycles. The van der Waals surface area contributed by atoms with Crippen LogP contribution in [-0.4, -0.2) is 10.8 Å². The number of nitrogens with two attached hydrogens (primary N) is 1. The summed E-state index contributed by atoms with van der Waals surface area (Å²) in [5.74, 6) is 0.155. The third-order valence-corrected chi connectivity index (χ3v) is 2.30. The highest BCUT2D eigenvalue weighted by Crippen LogP contribution is 2.28. The van der Waals surface area contributed by atoms with Crippen molar-refractivity contribution in [3.8, 4) is 11.3 Å². The lowest BCUT2D eigenvalue weighted by atomic mass is 10.1. The Morgan fingerprint density at radius 2 is 2.25 bits per heavy atom. The Kier molecular flexibility index (Phi) is 2.66. The number of anilines is 1. The summed E-state index contributed by atoms with van der Waals surface area (Å²) < 4.78 is 5.20. The van der Waals surface area contributed by atoms with E-state index < -0.39 is 0 Å². The molecule has 5 heteroatoms. The Labute approximate surface area is 97.0 Å². The van der Waals surface area contributed by atoms with Crippen molar-refractivity contribution in [3.05, 3.63) is 35.0 Å². The van der Waals surface area contributed by atoms with Gasteiger partial charge in [-0.05, 0) is 12.1 Å². The van der Waals surface area contributed by atoms with Crippen molar-refractivity contribution in [3.63, 3.8) is 0 Å². The maximum Gasteiger partial charge on any atom is 0.293 e. The molecule has 2 N–H and O–H groups in total. The molecular weight excluding hydrogens is 228 g/mol. The summed E-state index contributed by atoms with van der Waals surface area (Å²) >= 11 is 5.86. The summed E-state index contributed by atoms with van der Waals surface area (Å²) in [6, 6.07) is 6.94. The first kappa shape index (κ1) is 10.7. The minimum Gasteiger partial charge on any atom is -0.423 e. The molecule has 0 atom stereocenters. The largest absolute Gasteiger partial charge is 0.423 e. The highest BCUT2D eigenvalue weighted by molar-refractivity contribution is 6.30. The van der Waals surface area contributed by atoms with Crippen molar-refractivity contribution in [2.75, 3.05) is 5.73 Å². The molecule has 1 heterocycles. The second kappa shape index (κ2) is 3.98. The van der Waals surface area contributed by atoms with Crippen molar-refractivity contribution in [2.24, 2.45) is 0 Å². The number of Topliss-reactive ketones (excluding diaryl/α,β-unsaturated/α-hetero) is 1. The lowest BCUT2D eigenvalue weighted by Gasteiger charge is -1.98. The van der Waals surface area contributed by atoms with Crippen molar-refractivity contribution in [1.29, 1.82) is 0 Å². The number of hydrogen-bond acceptors (Lipinski definition) is 4. The number of oxazole rings is 1. The Balaban J connectivity index is 2.59. The predicted molar refractivity (Wildman–Crippen MR) is 61.4 cm³/mol. The first-order valence-corrected chi connectivity index (χ1v) is 4.99. The summed E-state index contributed by atoms with van der Waals surface area (Å²) in [7, 11) is 0. The first-order valence-electron chi connectivity index (χ1n) is 4.61. The predicted octanol–water partition coefficient (Wildman–Crippen LogP) is 2.78. The van der Waals surface area contributed by atoms with Gasteiger partial charge in [0.1, 0.15) is 0 Å². The van der Waals surface area contributed by atoms with E-state index in [9.17, 15) is 4.79 Å². The van der Waals surface area contributed by atoms with Gasteiger partial charge in [-0.3, -0.25) is 4.79 Å². The fourth-order valence-electron chi connectivity index (χ4n) is 1.40. The standard InChI is InChI=1S/C11H9ClN2O2/c1-6(15)9-10(16-11(13)14-9)7-3-2-4-8(12)5-7/h2-5H,1H3,(H2,13,14). The lowest BCUT2D eigenvalue weighted by Crippen LogP contribution is -1.95. The van der Waals surface area contributed by atoms with E-state index in [-0.39, 0.29) is 17.5 Å². The van der Waals surface area contributed by atoms with E-state index in [0.29, 0.717) is 16.3 Å². The highest BCUT2D eigenvalue weighted by Gasteiger charge is 2.17. The molecule has 0 aliphatic heterocycles. The molecule has 4 nitrogen and oxygen atoms in total. The Morgan fingerprint density at radius 3 is 2.88 bits per heavy atom. The van der Waals surface area contributed by atoms with Crippen molar-refractivity contribution in [1.82, 2.24) is 4.98 Å². The lowest BCUT2D eigenvalue weighted by molar-refractivity contribution is 0.101. The summed E-state index contributed by atoms with van der Waals surface area (Å²) in [6.45, 7) is 1.41. The van der Waals surface area contributed by atoms with Crippen LogP contribution in [0.5, 0.6) is 0 Å². The molecule has 0 bridgehead atoms. The van der Waals surface area contributed by atoms with Crippen LogP contribution in [0.2, 0.25) is 5.02 Å². The molecule has 16 heavy (non-hydrogen) atoms. The molecule has 2 rings (SSSR count). The van der Waals surface area contributed by atoms with E-state index in [0.717, 1.165) is 0 Å². The number of aromatic nitrogens is 1. The van der Waals surface area contributed by atoms with E-state index in [1.54, 1.807) is 24.3 Å². The second-order valence-corrected chi connectivity index (χ2v) is 3.73. The number of nitrogen functional groups attached to an aromatic ring is 1. The molecule has 0 saturated carbocycles. The van der Waals surface area contributed by atoms with Gasteiger partial charge in [0, 0.05) is 17.5 Å². The monoisotopic (exact) mass is 236 g/mol. The molecule has 82 valence electrons. The van der Waals surface area contributed by atoms with Gasteiger partial charge in [0.05, 0.1) is 0 Å². The van der Waals surface area contributed by atoms with Crippen molar-refractivity contribution < 1.29 is 9.21 Å². The Hall–Kier alpha value is -1.81. The minimum absolute atomic E-state index is 0.0276. The third-order valence-electron chi connectivity index (χ3n) is 2.06. The number of halogens is 1. The maximum absolute atomic E-state index is 11.3. The van der Waals surface area contributed by atoms with Gasteiger partial charge >= 0.3 is 0 Å². The van der Waals surface area contributed by atoms with Crippen molar-refractivity contribution >= 4 is 23.4 Å². The number of ketones is 1. The van der Waals surface area contributed by atoms with Crippen LogP contribution in [-0.2, 0) is 0 Å². The van der Waals surface area contributed by atoms with Gasteiger partial charge < -0.3 is 10.2 Å². The summed E-state index contributed by atoms with van der Waals surface area (Å²) in [5.41, 5.74) is 6.33. The Morgan fingerprint density at radius 1 is 1.50 bits per heavy atom. The fraction of sp³-hybridized carbons (Fsp3) is 0.0909. The summed E-state index contributed by atoms with van der Waals surface area (Å²) in [6.07, 6.45) is 0. The maximum atomic E-state index is 11.3. The van der Waals surface area contributed by atoms with Crippen LogP contribution in [0.3, 0.4) is 0 Å². The van der Waals surface area contributed by atoms with Gasteiger partial charge in [-0.2, -0.15) is 4.98 Å². The van der Waals surface area contributed by atoms with Gasteiger partial charge in [0.15, 0.2) is 17.2 Å². The van der Waals surface area contributed by atoms with Crippen LogP contribution in [0.25, 0.3) is 11.3 Å². The normalized spacial score (nSPS) is 10.4. The molecule has 0 radical (unpaired) electrons. The molecule has 1 aromatic heterocycles. The van der Waals surface area contributed by atoms with Crippen LogP contribution in [0.4, 0.5) is 6.01 Å². The molecule has 1 aromatic carbocycles. The van der Waals surface area contributed by atoms with Gasteiger partial charge in [-0.1, -0.05) is 23.7 Å². The van der Waals surface area contributed by atoms with E-state index >= 15 is 0 Å². The molecule has 0 unspecified atom stereocenters. The zero-order valence-electron chi connectivity index (χ0n) is 8.53. The summed E-state index contributed by atoms with van der Waals surface area (Å²) in [4.78, 5) is 15.2. The van der Waals surface area contributed by atoms with E-state index in [1.165, 1.54) is 6.92 Å². The molecule has 2 aromatic rings. The number of benzene rings is 1. The zero-order valence-corrected chi connectivity index (χ0v) is 9.28. The molecule has 0 saturated heterocycles. The third kappa shape index (κ3) is 1.92. The molecule has 0 fully saturated rings. The number of rotatable bonds is 2. The minimum atomic E-state index is -0.199. The average molecular weight is 237 g/mol. The topological polar surface area (TPSA) is 69.1 Å².